The third-order valence-corrected chi connectivity index (χ3v) is 7.91. The Morgan fingerprint density at radius 3 is 1.20 bits per heavy atom. The van der Waals surface area contributed by atoms with Crippen molar-refractivity contribution in [3.8, 4) is 44.8 Å². The van der Waals surface area contributed by atoms with Gasteiger partial charge in [-0.15, -0.1) is 0 Å². The quantitative estimate of drug-likeness (QED) is 0.223. The molecule has 4 aromatic carbocycles. The lowest BCUT2D eigenvalue weighted by atomic mass is 9.99. The average molecular weight is 511 g/mol. The zero-order valence-electron chi connectivity index (χ0n) is 21.9. The van der Waals surface area contributed by atoms with Crippen LogP contribution in [0.15, 0.2) is 158 Å². The SMILES string of the molecule is c1ccc(-c2cccc3cc(-c4ccc5cc(-c6cc7cccc(-c8ccccc8)n7c6)ccc5c4)cn23)cc1. The molecule has 2 nitrogen and oxygen atoms in total. The second-order valence-electron chi connectivity index (χ2n) is 10.4. The smallest absolute Gasteiger partial charge is 0.0528 e. The molecule has 4 aromatic heterocycles. The van der Waals surface area contributed by atoms with E-state index in [0.717, 1.165) is 0 Å². The Morgan fingerprint density at radius 1 is 0.300 bits per heavy atom. The van der Waals surface area contributed by atoms with Gasteiger partial charge in [0.05, 0.1) is 11.4 Å². The summed E-state index contributed by atoms with van der Waals surface area (Å²) in [4.78, 5) is 0. The zero-order valence-corrected chi connectivity index (χ0v) is 21.9. The molecule has 0 N–H and O–H groups in total. The maximum Gasteiger partial charge on any atom is 0.0528 e. The van der Waals surface area contributed by atoms with Crippen molar-refractivity contribution in [2.24, 2.45) is 0 Å². The maximum atomic E-state index is 2.31. The highest BCUT2D eigenvalue weighted by molar-refractivity contribution is 5.92. The lowest BCUT2D eigenvalue weighted by Gasteiger charge is -2.06. The van der Waals surface area contributed by atoms with E-state index in [0.29, 0.717) is 0 Å². The van der Waals surface area contributed by atoms with E-state index in [4.69, 9.17) is 0 Å². The minimum absolute atomic E-state index is 1.20. The van der Waals surface area contributed by atoms with Gasteiger partial charge in [0.25, 0.3) is 0 Å². The molecule has 0 saturated heterocycles. The van der Waals surface area contributed by atoms with Gasteiger partial charge in [0.15, 0.2) is 0 Å². The Labute approximate surface area is 233 Å². The number of pyridine rings is 2. The Balaban J connectivity index is 1.17. The van der Waals surface area contributed by atoms with E-state index in [-0.39, 0.29) is 0 Å². The second kappa shape index (κ2) is 9.14. The van der Waals surface area contributed by atoms with E-state index in [1.165, 1.54) is 66.6 Å². The van der Waals surface area contributed by atoms with Crippen LogP contribution in [0.25, 0.3) is 66.6 Å². The normalized spacial score (nSPS) is 11.5. The van der Waals surface area contributed by atoms with Crippen molar-refractivity contribution in [3.63, 3.8) is 0 Å². The Morgan fingerprint density at radius 2 is 0.750 bits per heavy atom. The summed E-state index contributed by atoms with van der Waals surface area (Å²) in [5, 5.41) is 2.49. The summed E-state index contributed by atoms with van der Waals surface area (Å²) in [5.74, 6) is 0. The van der Waals surface area contributed by atoms with Crippen molar-refractivity contribution >= 4 is 21.8 Å². The number of hydrogen-bond acceptors (Lipinski definition) is 0. The van der Waals surface area contributed by atoms with Crippen LogP contribution in [0.3, 0.4) is 0 Å². The summed E-state index contributed by atoms with van der Waals surface area (Å²) in [7, 11) is 0. The zero-order chi connectivity index (χ0) is 26.5. The van der Waals surface area contributed by atoms with Crippen molar-refractivity contribution in [2.75, 3.05) is 0 Å². The summed E-state index contributed by atoms with van der Waals surface area (Å²) in [6.45, 7) is 0. The van der Waals surface area contributed by atoms with Gasteiger partial charge in [-0.2, -0.15) is 0 Å². The van der Waals surface area contributed by atoms with Crippen molar-refractivity contribution in [1.29, 1.82) is 0 Å². The van der Waals surface area contributed by atoms with E-state index < -0.39 is 0 Å². The highest BCUT2D eigenvalue weighted by Gasteiger charge is 2.10. The number of hydrogen-bond donors (Lipinski definition) is 0. The number of nitrogens with zero attached hydrogens (tertiary/aromatic N) is 2. The van der Waals surface area contributed by atoms with Crippen LogP contribution in [0, 0.1) is 0 Å². The van der Waals surface area contributed by atoms with E-state index in [2.05, 4.69) is 167 Å². The van der Waals surface area contributed by atoms with Gasteiger partial charge in [0.1, 0.15) is 0 Å². The van der Waals surface area contributed by atoms with Gasteiger partial charge in [-0.05, 0) is 81.6 Å². The van der Waals surface area contributed by atoms with Crippen molar-refractivity contribution in [2.45, 2.75) is 0 Å². The number of fused-ring (bicyclic) bond motifs is 3. The second-order valence-corrected chi connectivity index (χ2v) is 10.4. The van der Waals surface area contributed by atoms with Crippen LogP contribution in [0.5, 0.6) is 0 Å². The molecule has 0 aliphatic heterocycles. The van der Waals surface area contributed by atoms with Crippen molar-refractivity contribution in [1.82, 2.24) is 8.80 Å². The van der Waals surface area contributed by atoms with Gasteiger partial charge in [-0.3, -0.25) is 0 Å². The van der Waals surface area contributed by atoms with Crippen LogP contribution in [0.2, 0.25) is 0 Å². The first-order valence-corrected chi connectivity index (χ1v) is 13.7. The lowest BCUT2D eigenvalue weighted by Crippen LogP contribution is -1.89. The Kier molecular flexibility index (Phi) is 5.17. The van der Waals surface area contributed by atoms with Crippen molar-refractivity contribution in [3.05, 3.63) is 158 Å². The molecule has 0 unspecified atom stereocenters. The predicted octanol–water partition coefficient (Wildman–Crippen LogP) is 10.0. The van der Waals surface area contributed by atoms with Crippen LogP contribution in [-0.4, -0.2) is 8.80 Å². The van der Waals surface area contributed by atoms with Crippen LogP contribution in [-0.2, 0) is 0 Å². The van der Waals surface area contributed by atoms with Gasteiger partial charge >= 0.3 is 0 Å². The third-order valence-electron chi connectivity index (χ3n) is 7.91. The summed E-state index contributed by atoms with van der Waals surface area (Å²) in [6, 6.07) is 52.3. The molecule has 0 fully saturated rings. The molecule has 4 heterocycles. The average Bonchev–Trinajstić information content (AvgIpc) is 3.66. The van der Waals surface area contributed by atoms with Gasteiger partial charge in [-0.25, -0.2) is 0 Å². The fourth-order valence-corrected chi connectivity index (χ4v) is 5.88. The highest BCUT2D eigenvalue weighted by atomic mass is 14.9. The molecule has 8 rings (SSSR count). The molecule has 0 atom stereocenters. The van der Waals surface area contributed by atoms with E-state index in [9.17, 15) is 0 Å². The van der Waals surface area contributed by atoms with Gasteiger partial charge in [0, 0.05) is 34.6 Å². The molecular formula is C38H26N2. The van der Waals surface area contributed by atoms with E-state index >= 15 is 0 Å². The van der Waals surface area contributed by atoms with Crippen LogP contribution in [0.4, 0.5) is 0 Å². The maximum absolute atomic E-state index is 2.31. The van der Waals surface area contributed by atoms with Crippen LogP contribution in [0.1, 0.15) is 0 Å². The molecule has 0 spiro atoms. The summed E-state index contributed by atoms with van der Waals surface area (Å²) < 4.78 is 4.58. The number of rotatable bonds is 4. The molecule has 0 aliphatic carbocycles. The molecule has 188 valence electrons. The molecule has 40 heavy (non-hydrogen) atoms. The minimum atomic E-state index is 1.20. The van der Waals surface area contributed by atoms with Gasteiger partial charge < -0.3 is 8.80 Å². The molecule has 0 bridgehead atoms. The first-order valence-electron chi connectivity index (χ1n) is 13.7. The van der Waals surface area contributed by atoms with Gasteiger partial charge in [-0.1, -0.05) is 97.1 Å². The topological polar surface area (TPSA) is 8.82 Å². The molecule has 0 amide bonds. The summed E-state index contributed by atoms with van der Waals surface area (Å²) in [5.41, 5.74) is 12.1. The predicted molar refractivity (Wildman–Crippen MR) is 168 cm³/mol. The van der Waals surface area contributed by atoms with E-state index in [1.54, 1.807) is 0 Å². The monoisotopic (exact) mass is 510 g/mol. The summed E-state index contributed by atoms with van der Waals surface area (Å²) in [6.07, 6.45) is 4.51. The van der Waals surface area contributed by atoms with Crippen molar-refractivity contribution < 1.29 is 0 Å². The Hall–Kier alpha value is -5.34. The standard InChI is InChI=1S/C38H26N2/c1-3-9-27(10-4-1)37-15-7-13-35-23-33(25-39(35)37)31-19-17-30-22-32(20-18-29(30)21-31)34-24-36-14-8-16-38(40(36)26-34)28-11-5-2-6-12-28/h1-26H. The molecule has 0 saturated carbocycles. The highest BCUT2D eigenvalue weighted by Crippen LogP contribution is 2.33. The molecule has 0 radical (unpaired) electrons. The fourth-order valence-electron chi connectivity index (χ4n) is 5.88. The Bertz CT molecular complexity index is 1990. The lowest BCUT2D eigenvalue weighted by molar-refractivity contribution is 1.20. The van der Waals surface area contributed by atoms with Gasteiger partial charge in [0.2, 0.25) is 0 Å². The molecular weight excluding hydrogens is 484 g/mol. The molecule has 2 heteroatoms. The van der Waals surface area contributed by atoms with Crippen LogP contribution < -0.4 is 0 Å². The first-order chi connectivity index (χ1) is 19.8. The van der Waals surface area contributed by atoms with Crippen LogP contribution >= 0.6 is 0 Å². The van der Waals surface area contributed by atoms with E-state index in [1.807, 2.05) is 0 Å². The largest absolute Gasteiger partial charge is 0.316 e. The molecule has 8 aromatic rings. The number of benzene rings is 4. The first kappa shape index (κ1) is 22.6. The fraction of sp³-hybridized carbons (Fsp3) is 0. The number of aromatic nitrogens is 2. The summed E-state index contributed by atoms with van der Waals surface area (Å²) >= 11 is 0. The molecule has 0 aliphatic rings. The minimum Gasteiger partial charge on any atom is -0.316 e. The third kappa shape index (κ3) is 3.81.